The van der Waals surface area contributed by atoms with Crippen LogP contribution in [0.25, 0.3) is 0 Å². The van der Waals surface area contributed by atoms with E-state index in [0.717, 1.165) is 30.7 Å². The zero-order valence-corrected chi connectivity index (χ0v) is 12.1. The van der Waals surface area contributed by atoms with E-state index < -0.39 is 0 Å². The number of benzene rings is 1. The minimum atomic E-state index is 0.595. The number of hydrogen-bond acceptors (Lipinski definition) is 3. The van der Waals surface area contributed by atoms with Gasteiger partial charge in [0.2, 0.25) is 0 Å². The molecule has 0 saturated carbocycles. The monoisotopic (exact) mass is 297 g/mol. The fourth-order valence-electron chi connectivity index (χ4n) is 2.18. The van der Waals surface area contributed by atoms with Crippen LogP contribution < -0.4 is 10.2 Å². The van der Waals surface area contributed by atoms with Gasteiger partial charge in [-0.3, -0.25) is 4.90 Å². The molecule has 1 aromatic rings. The van der Waals surface area contributed by atoms with E-state index >= 15 is 0 Å². The van der Waals surface area contributed by atoms with Crippen molar-refractivity contribution in [1.82, 2.24) is 10.2 Å². The van der Waals surface area contributed by atoms with Gasteiger partial charge in [-0.1, -0.05) is 15.9 Å². The maximum absolute atomic E-state index is 3.47. The molecule has 1 aliphatic rings. The molecule has 0 radical (unpaired) electrons. The number of piperazine rings is 1. The van der Waals surface area contributed by atoms with E-state index in [9.17, 15) is 0 Å². The van der Waals surface area contributed by atoms with Crippen molar-refractivity contribution in [2.24, 2.45) is 0 Å². The van der Waals surface area contributed by atoms with Crippen LogP contribution in [-0.4, -0.2) is 51.2 Å². The van der Waals surface area contributed by atoms with Crippen molar-refractivity contribution in [2.45, 2.75) is 6.04 Å². The topological polar surface area (TPSA) is 18.5 Å². The Bertz CT molecular complexity index is 352. The zero-order valence-electron chi connectivity index (χ0n) is 10.5. The van der Waals surface area contributed by atoms with Crippen LogP contribution >= 0.6 is 15.9 Å². The standard InChI is InChI=1S/C13H20BrN3/c1-16-8-7-15-9-13(16)10-17(2)12-5-3-11(14)4-6-12/h3-6,13,15H,7-10H2,1-2H3. The third-order valence-electron chi connectivity index (χ3n) is 3.40. The van der Waals surface area contributed by atoms with E-state index in [1.54, 1.807) is 0 Å². The van der Waals surface area contributed by atoms with Gasteiger partial charge in [-0.25, -0.2) is 0 Å². The molecule has 2 rings (SSSR count). The third kappa shape index (κ3) is 3.44. The third-order valence-corrected chi connectivity index (χ3v) is 3.93. The Kier molecular flexibility index (Phi) is 4.42. The maximum atomic E-state index is 3.47. The number of anilines is 1. The smallest absolute Gasteiger partial charge is 0.0393 e. The number of hydrogen-bond donors (Lipinski definition) is 1. The Morgan fingerprint density at radius 2 is 2.12 bits per heavy atom. The summed E-state index contributed by atoms with van der Waals surface area (Å²) >= 11 is 3.47. The van der Waals surface area contributed by atoms with Crippen molar-refractivity contribution in [2.75, 3.05) is 45.2 Å². The van der Waals surface area contributed by atoms with Crippen LogP contribution in [0.1, 0.15) is 0 Å². The quantitative estimate of drug-likeness (QED) is 0.918. The molecule has 0 bridgehead atoms. The summed E-state index contributed by atoms with van der Waals surface area (Å²) in [6.07, 6.45) is 0. The minimum Gasteiger partial charge on any atom is -0.373 e. The number of nitrogens with one attached hydrogen (secondary N) is 1. The molecule has 1 unspecified atom stereocenters. The van der Waals surface area contributed by atoms with Crippen molar-refractivity contribution in [3.05, 3.63) is 28.7 Å². The molecular formula is C13H20BrN3. The second kappa shape index (κ2) is 5.85. The second-order valence-electron chi connectivity index (χ2n) is 4.70. The summed E-state index contributed by atoms with van der Waals surface area (Å²) in [6, 6.07) is 9.08. The lowest BCUT2D eigenvalue weighted by atomic mass is 10.2. The molecule has 1 aliphatic heterocycles. The van der Waals surface area contributed by atoms with Crippen molar-refractivity contribution < 1.29 is 0 Å². The largest absolute Gasteiger partial charge is 0.373 e. The highest BCUT2D eigenvalue weighted by Gasteiger charge is 2.19. The van der Waals surface area contributed by atoms with Gasteiger partial charge in [0, 0.05) is 49.4 Å². The fourth-order valence-corrected chi connectivity index (χ4v) is 2.45. The summed E-state index contributed by atoms with van der Waals surface area (Å²) < 4.78 is 1.13. The SMILES string of the molecule is CN(CC1CNCCN1C)c1ccc(Br)cc1. The Labute approximate surface area is 112 Å². The van der Waals surface area contributed by atoms with E-state index in [4.69, 9.17) is 0 Å². The number of nitrogens with zero attached hydrogens (tertiary/aromatic N) is 2. The number of likely N-dealkylation sites (N-methyl/N-ethyl adjacent to an activating group) is 2. The highest BCUT2D eigenvalue weighted by Crippen LogP contribution is 2.18. The molecule has 1 heterocycles. The molecule has 3 nitrogen and oxygen atoms in total. The van der Waals surface area contributed by atoms with E-state index in [0.29, 0.717) is 6.04 Å². The van der Waals surface area contributed by atoms with Gasteiger partial charge < -0.3 is 10.2 Å². The maximum Gasteiger partial charge on any atom is 0.0393 e. The average Bonchev–Trinajstić information content (AvgIpc) is 2.33. The van der Waals surface area contributed by atoms with Crippen molar-refractivity contribution >= 4 is 21.6 Å². The van der Waals surface area contributed by atoms with Crippen molar-refractivity contribution in [3.63, 3.8) is 0 Å². The molecule has 1 aromatic carbocycles. The number of rotatable bonds is 3. The van der Waals surface area contributed by atoms with Crippen molar-refractivity contribution in [1.29, 1.82) is 0 Å². The van der Waals surface area contributed by atoms with Crippen LogP contribution in [-0.2, 0) is 0 Å². The molecule has 4 heteroatoms. The van der Waals surface area contributed by atoms with Gasteiger partial charge in [0.1, 0.15) is 0 Å². The zero-order chi connectivity index (χ0) is 12.3. The minimum absolute atomic E-state index is 0.595. The number of halogens is 1. The summed E-state index contributed by atoms with van der Waals surface area (Å²) in [7, 11) is 4.37. The van der Waals surface area contributed by atoms with Crippen LogP contribution in [0.5, 0.6) is 0 Å². The molecular weight excluding hydrogens is 278 g/mol. The van der Waals surface area contributed by atoms with E-state index in [-0.39, 0.29) is 0 Å². The molecule has 1 N–H and O–H groups in total. The van der Waals surface area contributed by atoms with E-state index in [1.807, 2.05) is 0 Å². The summed E-state index contributed by atoms with van der Waals surface area (Å²) in [4.78, 5) is 4.76. The fraction of sp³-hybridized carbons (Fsp3) is 0.538. The van der Waals surface area contributed by atoms with Gasteiger partial charge in [0.15, 0.2) is 0 Å². The molecule has 17 heavy (non-hydrogen) atoms. The lowest BCUT2D eigenvalue weighted by Crippen LogP contribution is -2.53. The van der Waals surface area contributed by atoms with Gasteiger partial charge in [-0.2, -0.15) is 0 Å². The molecule has 1 fully saturated rings. The van der Waals surface area contributed by atoms with Crippen LogP contribution in [0.15, 0.2) is 28.7 Å². The van der Waals surface area contributed by atoms with Gasteiger partial charge in [-0.15, -0.1) is 0 Å². The van der Waals surface area contributed by atoms with Crippen LogP contribution in [0.2, 0.25) is 0 Å². The highest BCUT2D eigenvalue weighted by molar-refractivity contribution is 9.10. The van der Waals surface area contributed by atoms with Crippen LogP contribution in [0.4, 0.5) is 5.69 Å². The first-order valence-electron chi connectivity index (χ1n) is 6.04. The normalized spacial score (nSPS) is 21.5. The van der Waals surface area contributed by atoms with Gasteiger partial charge in [0.05, 0.1) is 0 Å². The summed E-state index contributed by atoms with van der Waals surface area (Å²) in [5, 5.41) is 3.46. The van der Waals surface area contributed by atoms with Crippen LogP contribution in [0.3, 0.4) is 0 Å². The molecule has 94 valence electrons. The first kappa shape index (κ1) is 12.9. The Morgan fingerprint density at radius 1 is 1.41 bits per heavy atom. The van der Waals surface area contributed by atoms with Gasteiger partial charge >= 0.3 is 0 Å². The predicted octanol–water partition coefficient (Wildman–Crippen LogP) is 1.79. The lowest BCUT2D eigenvalue weighted by molar-refractivity contribution is 0.204. The molecule has 0 aromatic heterocycles. The van der Waals surface area contributed by atoms with Crippen molar-refractivity contribution in [3.8, 4) is 0 Å². The van der Waals surface area contributed by atoms with E-state index in [1.165, 1.54) is 5.69 Å². The van der Waals surface area contributed by atoms with Gasteiger partial charge in [0.25, 0.3) is 0 Å². The summed E-state index contributed by atoms with van der Waals surface area (Å²) in [6.45, 7) is 4.39. The Hall–Kier alpha value is -0.580. The molecule has 0 amide bonds. The predicted molar refractivity (Wildman–Crippen MR) is 76.7 cm³/mol. The van der Waals surface area contributed by atoms with Gasteiger partial charge in [-0.05, 0) is 31.3 Å². The molecule has 0 spiro atoms. The molecule has 0 aliphatic carbocycles. The summed E-state index contributed by atoms with van der Waals surface area (Å²) in [5.41, 5.74) is 1.27. The summed E-state index contributed by atoms with van der Waals surface area (Å²) in [5.74, 6) is 0. The van der Waals surface area contributed by atoms with E-state index in [2.05, 4.69) is 69.4 Å². The average molecular weight is 298 g/mol. The molecule has 1 atom stereocenters. The first-order chi connectivity index (χ1) is 8.16. The highest BCUT2D eigenvalue weighted by atomic mass is 79.9. The second-order valence-corrected chi connectivity index (χ2v) is 5.61. The van der Waals surface area contributed by atoms with Crippen LogP contribution in [0, 0.1) is 0 Å². The molecule has 1 saturated heterocycles. The Morgan fingerprint density at radius 3 is 2.76 bits per heavy atom. The lowest BCUT2D eigenvalue weighted by Gasteiger charge is -2.36. The Balaban J connectivity index is 1.95. The first-order valence-corrected chi connectivity index (χ1v) is 6.84.